The first-order chi connectivity index (χ1) is 9.09. The Labute approximate surface area is 115 Å². The van der Waals surface area contributed by atoms with Crippen LogP contribution in [-0.2, 0) is 9.59 Å². The zero-order valence-electron chi connectivity index (χ0n) is 10.6. The number of aromatic nitrogens is 1. The average molecular weight is 280 g/mol. The van der Waals surface area contributed by atoms with Crippen molar-refractivity contribution in [1.29, 1.82) is 0 Å². The van der Waals surface area contributed by atoms with Gasteiger partial charge < -0.3 is 10.4 Å². The molecule has 0 bridgehead atoms. The predicted molar refractivity (Wildman–Crippen MR) is 71.7 cm³/mol. The molecular weight excluding hydrogens is 264 g/mol. The number of amides is 1. The molecule has 1 aliphatic carbocycles. The van der Waals surface area contributed by atoms with Crippen LogP contribution >= 0.6 is 11.3 Å². The Balaban J connectivity index is 2.02. The van der Waals surface area contributed by atoms with Crippen molar-refractivity contribution in [3.63, 3.8) is 0 Å². The molecule has 0 radical (unpaired) electrons. The summed E-state index contributed by atoms with van der Waals surface area (Å²) in [7, 11) is 0. The van der Waals surface area contributed by atoms with Gasteiger partial charge in [0.1, 0.15) is 5.01 Å². The van der Waals surface area contributed by atoms with Gasteiger partial charge in [-0.2, -0.15) is 0 Å². The van der Waals surface area contributed by atoms with Gasteiger partial charge in [0.2, 0.25) is 5.91 Å². The van der Waals surface area contributed by atoms with E-state index in [1.54, 1.807) is 6.20 Å². The largest absolute Gasteiger partial charge is 0.481 e. The summed E-state index contributed by atoms with van der Waals surface area (Å²) in [5.41, 5.74) is 0. The molecule has 0 saturated carbocycles. The molecule has 0 spiro atoms. The van der Waals surface area contributed by atoms with Gasteiger partial charge in [0.05, 0.1) is 17.9 Å². The number of nitrogens with one attached hydrogen (secondary N) is 1. The molecule has 5 nitrogen and oxygen atoms in total. The molecule has 3 atom stereocenters. The fourth-order valence-electron chi connectivity index (χ4n) is 2.21. The molecule has 3 unspecified atom stereocenters. The molecule has 1 aliphatic rings. The summed E-state index contributed by atoms with van der Waals surface area (Å²) >= 11 is 1.47. The highest BCUT2D eigenvalue weighted by Crippen LogP contribution is 2.27. The number of hydrogen-bond donors (Lipinski definition) is 2. The lowest BCUT2D eigenvalue weighted by atomic mass is 9.82. The third-order valence-corrected chi connectivity index (χ3v) is 4.23. The Morgan fingerprint density at radius 1 is 1.42 bits per heavy atom. The van der Waals surface area contributed by atoms with Gasteiger partial charge in [0.25, 0.3) is 0 Å². The third-order valence-electron chi connectivity index (χ3n) is 3.27. The molecule has 19 heavy (non-hydrogen) atoms. The van der Waals surface area contributed by atoms with Crippen LogP contribution in [-0.4, -0.2) is 22.0 Å². The fraction of sp³-hybridized carbons (Fsp3) is 0.462. The van der Waals surface area contributed by atoms with Gasteiger partial charge in [-0.25, -0.2) is 4.98 Å². The number of carbonyl (C=O) groups excluding carboxylic acids is 1. The van der Waals surface area contributed by atoms with Gasteiger partial charge in [0, 0.05) is 11.6 Å². The van der Waals surface area contributed by atoms with E-state index in [9.17, 15) is 9.59 Å². The lowest BCUT2D eigenvalue weighted by molar-refractivity contribution is -0.147. The first-order valence-corrected chi connectivity index (χ1v) is 7.05. The van der Waals surface area contributed by atoms with E-state index in [2.05, 4.69) is 10.3 Å². The SMILES string of the molecule is CC(NC(=O)C1CC=CCC1C(=O)O)c1nccs1. The minimum absolute atomic E-state index is 0.187. The van der Waals surface area contributed by atoms with Crippen molar-refractivity contribution in [2.45, 2.75) is 25.8 Å². The average Bonchev–Trinajstić information content (AvgIpc) is 2.92. The molecule has 6 heteroatoms. The Hall–Kier alpha value is -1.69. The van der Waals surface area contributed by atoms with Crippen molar-refractivity contribution in [2.24, 2.45) is 11.8 Å². The lowest BCUT2D eigenvalue weighted by Gasteiger charge is -2.25. The Morgan fingerprint density at radius 2 is 2.11 bits per heavy atom. The molecule has 0 saturated heterocycles. The summed E-state index contributed by atoms with van der Waals surface area (Å²) in [5, 5.41) is 14.7. The smallest absolute Gasteiger partial charge is 0.307 e. The number of allylic oxidation sites excluding steroid dienone is 2. The maximum atomic E-state index is 12.2. The zero-order chi connectivity index (χ0) is 13.8. The number of aliphatic carboxylic acids is 1. The highest BCUT2D eigenvalue weighted by atomic mass is 32.1. The van der Waals surface area contributed by atoms with Gasteiger partial charge in [-0.05, 0) is 19.8 Å². The summed E-state index contributed by atoms with van der Waals surface area (Å²) in [5.74, 6) is -2.25. The summed E-state index contributed by atoms with van der Waals surface area (Å²) in [6.45, 7) is 1.85. The van der Waals surface area contributed by atoms with Gasteiger partial charge in [-0.3, -0.25) is 9.59 Å². The van der Waals surface area contributed by atoms with Crippen molar-refractivity contribution in [3.05, 3.63) is 28.7 Å². The molecule has 2 N–H and O–H groups in total. The Morgan fingerprint density at radius 3 is 2.68 bits per heavy atom. The number of carboxylic acid groups (broad SMARTS) is 1. The second-order valence-corrected chi connectivity index (χ2v) is 5.52. The molecule has 0 aromatic carbocycles. The lowest BCUT2D eigenvalue weighted by Crippen LogP contribution is -2.39. The van der Waals surface area contributed by atoms with Gasteiger partial charge in [0.15, 0.2) is 0 Å². The predicted octanol–water partition coefficient (Wildman–Crippen LogP) is 1.99. The van der Waals surface area contributed by atoms with Gasteiger partial charge >= 0.3 is 5.97 Å². The molecule has 0 fully saturated rings. The number of nitrogens with zero attached hydrogens (tertiary/aromatic N) is 1. The van der Waals surface area contributed by atoms with E-state index in [0.717, 1.165) is 5.01 Å². The number of hydrogen-bond acceptors (Lipinski definition) is 4. The van der Waals surface area contributed by atoms with E-state index in [1.165, 1.54) is 11.3 Å². The van der Waals surface area contributed by atoms with Crippen molar-refractivity contribution in [1.82, 2.24) is 10.3 Å². The van der Waals surface area contributed by atoms with E-state index >= 15 is 0 Å². The number of rotatable bonds is 4. The highest BCUT2D eigenvalue weighted by Gasteiger charge is 2.34. The van der Waals surface area contributed by atoms with Crippen molar-refractivity contribution in [3.8, 4) is 0 Å². The summed E-state index contributed by atoms with van der Waals surface area (Å²) in [6, 6.07) is -0.187. The summed E-state index contributed by atoms with van der Waals surface area (Å²) in [4.78, 5) is 27.5. The Bertz CT molecular complexity index is 484. The highest BCUT2D eigenvalue weighted by molar-refractivity contribution is 7.09. The van der Waals surface area contributed by atoms with Gasteiger partial charge in [-0.15, -0.1) is 11.3 Å². The number of thiazole rings is 1. The number of carboxylic acids is 1. The van der Waals surface area contributed by atoms with Crippen LogP contribution in [0, 0.1) is 11.8 Å². The second-order valence-electron chi connectivity index (χ2n) is 4.59. The number of carbonyl (C=O) groups is 2. The fourth-order valence-corrected chi connectivity index (χ4v) is 2.85. The standard InChI is InChI=1S/C13H16N2O3S/c1-8(12-14-6-7-19-12)15-11(16)9-4-2-3-5-10(9)13(17)18/h2-3,6-10H,4-5H2,1H3,(H,15,16)(H,17,18). The monoisotopic (exact) mass is 280 g/mol. The van der Waals surface area contributed by atoms with Crippen LogP contribution in [0.5, 0.6) is 0 Å². The zero-order valence-corrected chi connectivity index (χ0v) is 11.4. The minimum atomic E-state index is -0.911. The quantitative estimate of drug-likeness (QED) is 0.827. The van der Waals surface area contributed by atoms with E-state index in [-0.39, 0.29) is 11.9 Å². The molecular formula is C13H16N2O3S. The maximum Gasteiger partial charge on any atom is 0.307 e. The van der Waals surface area contributed by atoms with E-state index in [4.69, 9.17) is 5.11 Å². The third kappa shape index (κ3) is 3.20. The molecule has 102 valence electrons. The molecule has 1 aromatic rings. The van der Waals surface area contributed by atoms with Crippen LogP contribution in [0.1, 0.15) is 30.8 Å². The molecule has 0 aliphatic heterocycles. The van der Waals surface area contributed by atoms with Crippen LogP contribution < -0.4 is 5.32 Å². The molecule has 2 rings (SSSR count). The second kappa shape index (κ2) is 5.97. The van der Waals surface area contributed by atoms with Crippen LogP contribution in [0.3, 0.4) is 0 Å². The van der Waals surface area contributed by atoms with E-state index < -0.39 is 17.8 Å². The Kier molecular flexibility index (Phi) is 4.31. The first kappa shape index (κ1) is 13.7. The molecule has 1 aromatic heterocycles. The topological polar surface area (TPSA) is 79.3 Å². The maximum absolute atomic E-state index is 12.2. The van der Waals surface area contributed by atoms with Crippen molar-refractivity contribution >= 4 is 23.2 Å². The van der Waals surface area contributed by atoms with Crippen molar-refractivity contribution < 1.29 is 14.7 Å². The van der Waals surface area contributed by atoms with Crippen LogP contribution in [0.25, 0.3) is 0 Å². The van der Waals surface area contributed by atoms with E-state index in [1.807, 2.05) is 24.5 Å². The normalized spacial score (nSPS) is 23.8. The summed E-state index contributed by atoms with van der Waals surface area (Å²) < 4.78 is 0. The molecule has 1 amide bonds. The van der Waals surface area contributed by atoms with Crippen LogP contribution in [0.2, 0.25) is 0 Å². The van der Waals surface area contributed by atoms with Crippen molar-refractivity contribution in [2.75, 3.05) is 0 Å². The first-order valence-electron chi connectivity index (χ1n) is 6.17. The summed E-state index contributed by atoms with van der Waals surface area (Å²) in [6.07, 6.45) is 6.28. The minimum Gasteiger partial charge on any atom is -0.481 e. The van der Waals surface area contributed by atoms with E-state index in [0.29, 0.717) is 12.8 Å². The van der Waals surface area contributed by atoms with Crippen LogP contribution in [0.4, 0.5) is 0 Å². The van der Waals surface area contributed by atoms with Crippen LogP contribution in [0.15, 0.2) is 23.7 Å². The molecule has 1 heterocycles. The van der Waals surface area contributed by atoms with Gasteiger partial charge in [-0.1, -0.05) is 12.2 Å².